The van der Waals surface area contributed by atoms with Gasteiger partial charge in [-0.2, -0.15) is 13.2 Å². The lowest BCUT2D eigenvalue weighted by atomic mass is 9.90. The number of hydrogen-bond donors (Lipinski definition) is 3. The Bertz CT molecular complexity index is 1460. The lowest BCUT2D eigenvalue weighted by Gasteiger charge is -2.35. The summed E-state index contributed by atoms with van der Waals surface area (Å²) < 4.78 is 44.0. The number of alkyl halides is 3. The van der Waals surface area contributed by atoms with Crippen molar-refractivity contribution in [1.82, 2.24) is 14.9 Å². The highest BCUT2D eigenvalue weighted by atomic mass is 19.4. The number of esters is 1. The zero-order valence-corrected chi connectivity index (χ0v) is 20.2. The molecule has 1 amide bonds. The molecular formula is C25H21F3N4O7. The average molecular weight is 546 g/mol. The van der Waals surface area contributed by atoms with Crippen molar-refractivity contribution < 1.29 is 47.3 Å². The molecule has 39 heavy (non-hydrogen) atoms. The van der Waals surface area contributed by atoms with Crippen LogP contribution in [0.5, 0.6) is 0 Å². The molecule has 1 aliphatic heterocycles. The van der Waals surface area contributed by atoms with E-state index >= 15 is 0 Å². The second-order valence-electron chi connectivity index (χ2n) is 8.73. The fourth-order valence-corrected chi connectivity index (χ4v) is 4.22. The number of nitrogens with zero attached hydrogens (tertiary/aromatic N) is 3. The number of nitrogens with one attached hydrogen (secondary N) is 1. The van der Waals surface area contributed by atoms with Gasteiger partial charge in [0.1, 0.15) is 6.04 Å². The molecule has 2 aromatic carbocycles. The zero-order valence-electron chi connectivity index (χ0n) is 20.2. The van der Waals surface area contributed by atoms with Crippen molar-refractivity contribution in [1.29, 1.82) is 0 Å². The molecule has 2 atom stereocenters. The minimum absolute atomic E-state index is 0.0437. The number of carbonyl (C=O) groups is 4. The van der Waals surface area contributed by atoms with Gasteiger partial charge in [0.15, 0.2) is 11.5 Å². The fourth-order valence-electron chi connectivity index (χ4n) is 4.22. The van der Waals surface area contributed by atoms with Crippen molar-refractivity contribution in [3.63, 3.8) is 0 Å². The van der Waals surface area contributed by atoms with Crippen LogP contribution in [0.2, 0.25) is 0 Å². The number of halogens is 3. The Hall–Kier alpha value is -4.75. The third-order valence-electron chi connectivity index (χ3n) is 6.26. The van der Waals surface area contributed by atoms with E-state index in [9.17, 15) is 42.6 Å². The van der Waals surface area contributed by atoms with E-state index in [1.165, 1.54) is 24.3 Å². The third kappa shape index (κ3) is 5.73. The molecule has 3 aromatic rings. The van der Waals surface area contributed by atoms with Crippen LogP contribution in [-0.4, -0.2) is 68.6 Å². The van der Waals surface area contributed by atoms with Gasteiger partial charge in [-0.25, -0.2) is 19.6 Å². The number of carbonyl (C=O) groups excluding carboxylic acids is 2. The Labute approximate surface area is 218 Å². The van der Waals surface area contributed by atoms with Gasteiger partial charge in [0.05, 0.1) is 29.6 Å². The van der Waals surface area contributed by atoms with E-state index in [2.05, 4.69) is 15.3 Å². The molecule has 1 saturated heterocycles. The summed E-state index contributed by atoms with van der Waals surface area (Å²) in [7, 11) is 1.08. The lowest BCUT2D eigenvalue weighted by Crippen LogP contribution is -2.51. The van der Waals surface area contributed by atoms with E-state index in [0.29, 0.717) is 5.69 Å². The molecule has 2 unspecified atom stereocenters. The Kier molecular flexibility index (Phi) is 7.38. The summed E-state index contributed by atoms with van der Waals surface area (Å²) in [6.07, 6.45) is -4.71. The number of aromatic nitrogens is 2. The van der Waals surface area contributed by atoms with Gasteiger partial charge >= 0.3 is 24.1 Å². The van der Waals surface area contributed by atoms with Crippen LogP contribution >= 0.6 is 0 Å². The molecule has 1 fully saturated rings. The molecule has 0 radical (unpaired) electrons. The number of carboxylic acid groups (broad SMARTS) is 2. The molecule has 14 heteroatoms. The first-order valence-electron chi connectivity index (χ1n) is 11.5. The van der Waals surface area contributed by atoms with E-state index in [1.54, 1.807) is 0 Å². The Balaban J connectivity index is 1.59. The Morgan fingerprint density at radius 2 is 1.69 bits per heavy atom. The summed E-state index contributed by atoms with van der Waals surface area (Å²) in [5, 5.41) is 21.6. The maximum absolute atomic E-state index is 13.1. The summed E-state index contributed by atoms with van der Waals surface area (Å²) in [6.45, 7) is -0.0437. The predicted octanol–water partition coefficient (Wildman–Crippen LogP) is 3.57. The van der Waals surface area contributed by atoms with Crippen molar-refractivity contribution in [3.05, 3.63) is 59.3 Å². The quantitative estimate of drug-likeness (QED) is 0.390. The normalized spacial score (nSPS) is 17.5. The SMILES string of the molecule is COC(=O)c1nc2cc(C(F)(F)F)ccc2nc1Nc1ccc(C(=O)N2CCC(C(=O)O)CC2C(=O)O)cc1. The second kappa shape index (κ2) is 10.6. The maximum Gasteiger partial charge on any atom is 0.416 e. The number of aliphatic carboxylic acids is 2. The molecule has 2 heterocycles. The van der Waals surface area contributed by atoms with E-state index in [0.717, 1.165) is 30.2 Å². The molecule has 1 aliphatic rings. The lowest BCUT2D eigenvalue weighted by molar-refractivity contribution is -0.149. The van der Waals surface area contributed by atoms with Crippen molar-refractivity contribution in [2.75, 3.05) is 19.0 Å². The second-order valence-corrected chi connectivity index (χ2v) is 8.73. The summed E-state index contributed by atoms with van der Waals surface area (Å²) >= 11 is 0. The maximum atomic E-state index is 13.1. The average Bonchev–Trinajstić information content (AvgIpc) is 2.91. The monoisotopic (exact) mass is 546 g/mol. The molecular weight excluding hydrogens is 525 g/mol. The molecule has 0 spiro atoms. The number of methoxy groups -OCH3 is 1. The van der Waals surface area contributed by atoms with Gasteiger partial charge in [-0.1, -0.05) is 0 Å². The number of fused-ring (bicyclic) bond motifs is 1. The summed E-state index contributed by atoms with van der Waals surface area (Å²) in [5.41, 5.74) is -0.950. The van der Waals surface area contributed by atoms with Gasteiger partial charge in [0.25, 0.3) is 5.91 Å². The molecule has 1 aromatic heterocycles. The number of piperidine rings is 1. The van der Waals surface area contributed by atoms with Crippen LogP contribution in [0.4, 0.5) is 24.7 Å². The van der Waals surface area contributed by atoms with Gasteiger partial charge in [-0.3, -0.25) is 9.59 Å². The first-order valence-corrected chi connectivity index (χ1v) is 11.5. The number of amides is 1. The Morgan fingerprint density at radius 1 is 1.00 bits per heavy atom. The standard InChI is InChI=1S/C25H21F3N4O7/c1-39-24(38)19-20(31-16-7-4-14(25(26,27)28)11-17(16)30-19)29-15-5-2-12(3-6-15)21(33)32-9-8-13(22(34)35)10-18(32)23(36)37/h2-7,11,13,18H,8-10H2,1H3,(H,29,31)(H,34,35)(H,36,37). The number of hydrogen-bond acceptors (Lipinski definition) is 8. The zero-order chi connectivity index (χ0) is 28.5. The van der Waals surface area contributed by atoms with E-state index in [4.69, 9.17) is 4.74 Å². The van der Waals surface area contributed by atoms with Crippen molar-refractivity contribution in [3.8, 4) is 0 Å². The van der Waals surface area contributed by atoms with Crippen LogP contribution in [0.3, 0.4) is 0 Å². The van der Waals surface area contributed by atoms with Crippen LogP contribution in [0, 0.1) is 5.92 Å². The molecule has 11 nitrogen and oxygen atoms in total. The topological polar surface area (TPSA) is 159 Å². The number of carboxylic acids is 2. The molecule has 3 N–H and O–H groups in total. The van der Waals surface area contributed by atoms with Crippen LogP contribution in [-0.2, 0) is 20.5 Å². The smallest absolute Gasteiger partial charge is 0.416 e. The van der Waals surface area contributed by atoms with Crippen LogP contribution in [0.1, 0.15) is 39.3 Å². The highest BCUT2D eigenvalue weighted by Gasteiger charge is 2.39. The highest BCUT2D eigenvalue weighted by molar-refractivity contribution is 5.98. The number of likely N-dealkylation sites (tertiary alicyclic amines) is 1. The van der Waals surface area contributed by atoms with Gasteiger partial charge in [0.2, 0.25) is 0 Å². The molecule has 0 bridgehead atoms. The first kappa shape index (κ1) is 27.3. The number of benzene rings is 2. The van der Waals surface area contributed by atoms with Gasteiger partial charge in [-0.05, 0) is 55.3 Å². The Morgan fingerprint density at radius 3 is 2.28 bits per heavy atom. The molecule has 0 aliphatic carbocycles. The predicted molar refractivity (Wildman–Crippen MR) is 128 cm³/mol. The minimum atomic E-state index is -4.62. The highest BCUT2D eigenvalue weighted by Crippen LogP contribution is 2.32. The van der Waals surface area contributed by atoms with Gasteiger partial charge in [0, 0.05) is 17.8 Å². The first-order chi connectivity index (χ1) is 18.4. The van der Waals surface area contributed by atoms with Crippen LogP contribution in [0.15, 0.2) is 42.5 Å². The minimum Gasteiger partial charge on any atom is -0.481 e. The van der Waals surface area contributed by atoms with Gasteiger partial charge in [-0.15, -0.1) is 0 Å². The molecule has 204 valence electrons. The van der Waals surface area contributed by atoms with Crippen molar-refractivity contribution in [2.24, 2.45) is 5.92 Å². The van der Waals surface area contributed by atoms with E-state index in [1.807, 2.05) is 0 Å². The van der Waals surface area contributed by atoms with E-state index < -0.39 is 47.5 Å². The van der Waals surface area contributed by atoms with Crippen molar-refractivity contribution in [2.45, 2.75) is 25.1 Å². The number of anilines is 2. The third-order valence-corrected chi connectivity index (χ3v) is 6.26. The fraction of sp³-hybridized carbons (Fsp3) is 0.280. The number of ether oxygens (including phenoxy) is 1. The largest absolute Gasteiger partial charge is 0.481 e. The summed E-state index contributed by atoms with van der Waals surface area (Å²) in [4.78, 5) is 57.6. The van der Waals surface area contributed by atoms with Crippen LogP contribution in [0.25, 0.3) is 11.0 Å². The van der Waals surface area contributed by atoms with E-state index in [-0.39, 0.29) is 47.5 Å². The molecule has 4 rings (SSSR count). The number of rotatable bonds is 6. The summed E-state index contributed by atoms with van der Waals surface area (Å²) in [5.74, 6) is -4.93. The van der Waals surface area contributed by atoms with Crippen LogP contribution < -0.4 is 5.32 Å². The van der Waals surface area contributed by atoms with Crippen molar-refractivity contribution >= 4 is 46.4 Å². The molecule has 0 saturated carbocycles. The van der Waals surface area contributed by atoms with Gasteiger partial charge < -0.3 is 25.2 Å². The summed E-state index contributed by atoms with van der Waals surface area (Å²) in [6, 6.07) is 7.12.